The average molecular weight is 437 g/mol. The molecule has 1 aromatic heterocycles. The number of benzene rings is 2. The molecule has 8 nitrogen and oxygen atoms in total. The quantitative estimate of drug-likeness (QED) is 0.432. The molecule has 1 aliphatic rings. The van der Waals surface area contributed by atoms with E-state index >= 15 is 0 Å². The smallest absolute Gasteiger partial charge is 0.269 e. The van der Waals surface area contributed by atoms with Crippen molar-refractivity contribution in [2.24, 2.45) is 7.05 Å². The molecule has 1 saturated heterocycles. The molecular weight excluding hydrogens is 408 g/mol. The first-order valence-corrected chi connectivity index (χ1v) is 10.7. The number of hydrogen-bond donors (Lipinski definition) is 0. The number of morpholine rings is 1. The fraction of sp³-hybridized carbons (Fsp3) is 0.375. The molecule has 0 N–H and O–H groups in total. The molecule has 0 aliphatic carbocycles. The van der Waals surface area contributed by atoms with Crippen LogP contribution < -0.4 is 4.74 Å². The van der Waals surface area contributed by atoms with Crippen LogP contribution in [0.1, 0.15) is 25.0 Å². The molecule has 2 heterocycles. The van der Waals surface area contributed by atoms with E-state index in [1.807, 2.05) is 37.6 Å². The highest BCUT2D eigenvalue weighted by atomic mass is 16.6. The van der Waals surface area contributed by atoms with Crippen molar-refractivity contribution in [3.63, 3.8) is 0 Å². The molecule has 0 bridgehead atoms. The van der Waals surface area contributed by atoms with Gasteiger partial charge in [0, 0.05) is 61.4 Å². The number of methoxy groups -OCH3 is 1. The lowest BCUT2D eigenvalue weighted by molar-refractivity contribution is -0.384. The molecule has 0 amide bonds. The van der Waals surface area contributed by atoms with Crippen LogP contribution in [0.4, 0.5) is 5.69 Å². The van der Waals surface area contributed by atoms with E-state index in [0.717, 1.165) is 53.1 Å². The monoisotopic (exact) mass is 436 g/mol. The highest BCUT2D eigenvalue weighted by molar-refractivity contribution is 5.95. The summed E-state index contributed by atoms with van der Waals surface area (Å²) in [4.78, 5) is 12.8. The number of rotatable bonds is 5. The molecule has 1 fully saturated rings. The highest BCUT2D eigenvalue weighted by Crippen LogP contribution is 2.37. The first-order chi connectivity index (χ1) is 15.5. The van der Waals surface area contributed by atoms with E-state index in [1.54, 1.807) is 19.2 Å². The Hall–Kier alpha value is -3.41. The van der Waals surface area contributed by atoms with Gasteiger partial charge in [-0.2, -0.15) is 5.26 Å². The fourth-order valence-corrected chi connectivity index (χ4v) is 4.01. The van der Waals surface area contributed by atoms with Crippen molar-refractivity contribution in [1.29, 1.82) is 5.26 Å². The lowest BCUT2D eigenvalue weighted by Crippen LogP contribution is -2.35. The fourth-order valence-electron chi connectivity index (χ4n) is 4.01. The molecule has 0 spiro atoms. The zero-order chi connectivity index (χ0) is 23.3. The SMILES string of the molecule is CC.COc1cc2c(cc1CN1CCOCC1)c(C#N)c(-c1ccc([N+](=O)[O-])cc1)n2C. The zero-order valence-electron chi connectivity index (χ0n) is 18.9. The Bertz CT molecular complexity index is 1140. The Kier molecular flexibility index (Phi) is 7.46. The van der Waals surface area contributed by atoms with Crippen LogP contribution in [0.3, 0.4) is 0 Å². The normalized spacial score (nSPS) is 13.8. The van der Waals surface area contributed by atoms with Crippen LogP contribution in [-0.4, -0.2) is 47.8 Å². The average Bonchev–Trinajstić information content (AvgIpc) is 3.11. The molecule has 0 saturated carbocycles. The minimum Gasteiger partial charge on any atom is -0.496 e. The molecule has 0 atom stereocenters. The Morgan fingerprint density at radius 2 is 1.84 bits per heavy atom. The van der Waals surface area contributed by atoms with Crippen molar-refractivity contribution >= 4 is 16.6 Å². The van der Waals surface area contributed by atoms with Crippen molar-refractivity contribution in [2.45, 2.75) is 20.4 Å². The standard InChI is InChI=1S/C22H22N4O4.C2H6/c1-24-20-12-21(29-2)16(14-25-7-9-30-10-8-25)11-18(20)19(13-23)22(24)15-3-5-17(6-4-15)26(27)28;1-2/h3-6,11-12H,7-10,14H2,1-2H3;1-2H3. The largest absolute Gasteiger partial charge is 0.496 e. The summed E-state index contributed by atoms with van der Waals surface area (Å²) in [5.74, 6) is 0.773. The van der Waals surface area contributed by atoms with Crippen LogP contribution in [0.15, 0.2) is 36.4 Å². The second-order valence-electron chi connectivity index (χ2n) is 7.27. The van der Waals surface area contributed by atoms with Gasteiger partial charge in [-0.3, -0.25) is 15.0 Å². The van der Waals surface area contributed by atoms with Crippen LogP contribution in [0, 0.1) is 21.4 Å². The minimum absolute atomic E-state index is 0.0190. The molecule has 8 heteroatoms. The summed E-state index contributed by atoms with van der Waals surface area (Å²) in [5, 5.41) is 21.8. The van der Waals surface area contributed by atoms with Gasteiger partial charge in [0.15, 0.2) is 0 Å². The van der Waals surface area contributed by atoms with E-state index in [9.17, 15) is 15.4 Å². The lowest BCUT2D eigenvalue weighted by Gasteiger charge is -2.27. The van der Waals surface area contributed by atoms with Gasteiger partial charge in [0.25, 0.3) is 5.69 Å². The summed E-state index contributed by atoms with van der Waals surface area (Å²) in [7, 11) is 3.54. The Morgan fingerprint density at radius 3 is 2.41 bits per heavy atom. The molecule has 0 unspecified atom stereocenters. The van der Waals surface area contributed by atoms with E-state index in [-0.39, 0.29) is 5.69 Å². The predicted octanol–water partition coefficient (Wildman–Crippen LogP) is 4.49. The maximum Gasteiger partial charge on any atom is 0.269 e. The van der Waals surface area contributed by atoms with E-state index in [4.69, 9.17) is 9.47 Å². The van der Waals surface area contributed by atoms with E-state index in [2.05, 4.69) is 11.0 Å². The summed E-state index contributed by atoms with van der Waals surface area (Å²) in [6.45, 7) is 7.85. The highest BCUT2D eigenvalue weighted by Gasteiger charge is 2.21. The lowest BCUT2D eigenvalue weighted by atomic mass is 10.0. The molecule has 168 valence electrons. The number of nitriles is 1. The van der Waals surface area contributed by atoms with Crippen LogP contribution in [0.2, 0.25) is 0 Å². The van der Waals surface area contributed by atoms with Gasteiger partial charge in [-0.15, -0.1) is 0 Å². The molecule has 4 rings (SSSR count). The van der Waals surface area contributed by atoms with E-state index < -0.39 is 4.92 Å². The number of ether oxygens (including phenoxy) is 2. The van der Waals surface area contributed by atoms with Gasteiger partial charge in [0.1, 0.15) is 11.8 Å². The first kappa shape index (κ1) is 23.3. The predicted molar refractivity (Wildman–Crippen MR) is 124 cm³/mol. The van der Waals surface area contributed by atoms with Crippen molar-refractivity contribution in [3.05, 3.63) is 57.6 Å². The third kappa shape index (κ3) is 4.44. The van der Waals surface area contributed by atoms with Gasteiger partial charge in [-0.05, 0) is 18.2 Å². The summed E-state index contributed by atoms with van der Waals surface area (Å²) in [6.07, 6.45) is 0. The Labute approximate surface area is 187 Å². The molecule has 2 aromatic carbocycles. The van der Waals surface area contributed by atoms with Crippen molar-refractivity contribution < 1.29 is 14.4 Å². The Morgan fingerprint density at radius 1 is 1.19 bits per heavy atom. The van der Waals surface area contributed by atoms with Crippen molar-refractivity contribution in [3.8, 4) is 23.1 Å². The third-order valence-electron chi connectivity index (χ3n) is 5.56. The number of nitro benzene ring substituents is 1. The molecule has 0 radical (unpaired) electrons. The second kappa shape index (κ2) is 10.3. The summed E-state index contributed by atoms with van der Waals surface area (Å²) in [6, 6.07) is 12.6. The number of non-ortho nitro benzene ring substituents is 1. The zero-order valence-corrected chi connectivity index (χ0v) is 18.9. The Balaban J connectivity index is 0.00000141. The van der Waals surface area contributed by atoms with Crippen LogP contribution >= 0.6 is 0 Å². The van der Waals surface area contributed by atoms with E-state index in [0.29, 0.717) is 18.8 Å². The van der Waals surface area contributed by atoms with Gasteiger partial charge in [-0.25, -0.2) is 0 Å². The van der Waals surface area contributed by atoms with Crippen LogP contribution in [0.25, 0.3) is 22.2 Å². The second-order valence-corrected chi connectivity index (χ2v) is 7.27. The van der Waals surface area contributed by atoms with Crippen LogP contribution in [-0.2, 0) is 18.3 Å². The van der Waals surface area contributed by atoms with Crippen molar-refractivity contribution in [1.82, 2.24) is 9.47 Å². The number of fused-ring (bicyclic) bond motifs is 1. The summed E-state index contributed by atoms with van der Waals surface area (Å²) in [5.41, 5.74) is 3.95. The van der Waals surface area contributed by atoms with Crippen molar-refractivity contribution in [2.75, 3.05) is 33.4 Å². The first-order valence-electron chi connectivity index (χ1n) is 10.7. The van der Waals surface area contributed by atoms with Gasteiger partial charge < -0.3 is 14.0 Å². The molecule has 3 aromatic rings. The number of nitrogens with zero attached hydrogens (tertiary/aromatic N) is 4. The molecular formula is C24H28N4O4. The number of nitro groups is 1. The van der Waals surface area contributed by atoms with Gasteiger partial charge >= 0.3 is 0 Å². The van der Waals surface area contributed by atoms with Gasteiger partial charge in [-0.1, -0.05) is 13.8 Å². The minimum atomic E-state index is -0.431. The van der Waals surface area contributed by atoms with Crippen LogP contribution in [0.5, 0.6) is 5.75 Å². The third-order valence-corrected chi connectivity index (χ3v) is 5.56. The molecule has 1 aliphatic heterocycles. The maximum absolute atomic E-state index is 11.0. The summed E-state index contributed by atoms with van der Waals surface area (Å²) >= 11 is 0. The maximum atomic E-state index is 11.0. The molecule has 32 heavy (non-hydrogen) atoms. The number of aryl methyl sites for hydroxylation is 1. The number of aromatic nitrogens is 1. The van der Waals surface area contributed by atoms with Gasteiger partial charge in [0.05, 0.1) is 42.0 Å². The van der Waals surface area contributed by atoms with E-state index in [1.165, 1.54) is 12.1 Å². The summed E-state index contributed by atoms with van der Waals surface area (Å²) < 4.78 is 13.0. The number of hydrogen-bond acceptors (Lipinski definition) is 6. The topological polar surface area (TPSA) is 93.6 Å². The van der Waals surface area contributed by atoms with Gasteiger partial charge in [0.2, 0.25) is 0 Å².